The van der Waals surface area contributed by atoms with E-state index in [1.807, 2.05) is 31.2 Å². The third-order valence-corrected chi connectivity index (χ3v) is 4.29. The van der Waals surface area contributed by atoms with Gasteiger partial charge in [0.25, 0.3) is 0 Å². The minimum Gasteiger partial charge on any atom is -0.399 e. The quantitative estimate of drug-likeness (QED) is 0.818. The second-order valence-corrected chi connectivity index (χ2v) is 5.98. The lowest BCUT2D eigenvalue weighted by atomic mass is 9.75. The molecule has 1 aliphatic rings. The van der Waals surface area contributed by atoms with Crippen LogP contribution in [-0.4, -0.2) is 5.91 Å². The minimum atomic E-state index is -0.180. The second-order valence-electron chi connectivity index (χ2n) is 5.98. The van der Waals surface area contributed by atoms with E-state index in [-0.39, 0.29) is 17.4 Å². The molecule has 1 aromatic carbocycles. The third-order valence-electron chi connectivity index (χ3n) is 4.29. The number of nitrogens with one attached hydrogen (secondary N) is 1. The fourth-order valence-corrected chi connectivity index (χ4v) is 2.80. The van der Waals surface area contributed by atoms with Gasteiger partial charge in [0.15, 0.2) is 0 Å². The molecule has 3 nitrogen and oxygen atoms in total. The van der Waals surface area contributed by atoms with E-state index in [1.54, 1.807) is 0 Å². The summed E-state index contributed by atoms with van der Waals surface area (Å²) in [7, 11) is 0. The maximum Gasteiger partial charge on any atom is 0.226 e. The van der Waals surface area contributed by atoms with Crippen LogP contribution in [0.4, 0.5) is 5.69 Å². The number of rotatable bonds is 3. The molecule has 1 amide bonds. The van der Waals surface area contributed by atoms with Crippen molar-refractivity contribution in [2.45, 2.75) is 52.0 Å². The highest BCUT2D eigenvalue weighted by molar-refractivity contribution is 5.82. The van der Waals surface area contributed by atoms with Gasteiger partial charge < -0.3 is 11.1 Å². The highest BCUT2D eigenvalue weighted by atomic mass is 16.2. The van der Waals surface area contributed by atoms with Crippen LogP contribution in [0.5, 0.6) is 0 Å². The van der Waals surface area contributed by atoms with Gasteiger partial charge in [-0.15, -0.1) is 0 Å². The molecule has 0 heterocycles. The SMILES string of the molecule is CC(NC(=O)C1(C)CCCCC1)c1ccc(N)cc1. The first-order valence-corrected chi connectivity index (χ1v) is 7.18. The Balaban J connectivity index is 2.00. The Morgan fingerprint density at radius 1 is 1.21 bits per heavy atom. The fraction of sp³-hybridized carbons (Fsp3) is 0.562. The third kappa shape index (κ3) is 3.28. The molecule has 0 radical (unpaired) electrons. The summed E-state index contributed by atoms with van der Waals surface area (Å²) in [5.41, 5.74) is 7.35. The lowest BCUT2D eigenvalue weighted by molar-refractivity contribution is -0.132. The Hall–Kier alpha value is -1.51. The fourth-order valence-electron chi connectivity index (χ4n) is 2.80. The predicted octanol–water partition coefficient (Wildman–Crippen LogP) is 3.42. The summed E-state index contributed by atoms with van der Waals surface area (Å²) in [4.78, 5) is 12.4. The van der Waals surface area contributed by atoms with Crippen molar-refractivity contribution in [3.63, 3.8) is 0 Å². The Labute approximate surface area is 115 Å². The first kappa shape index (κ1) is 13.9. The molecular weight excluding hydrogens is 236 g/mol. The van der Waals surface area contributed by atoms with Gasteiger partial charge in [0.1, 0.15) is 0 Å². The van der Waals surface area contributed by atoms with E-state index >= 15 is 0 Å². The van der Waals surface area contributed by atoms with Crippen molar-refractivity contribution >= 4 is 11.6 Å². The number of hydrogen-bond acceptors (Lipinski definition) is 2. The van der Waals surface area contributed by atoms with E-state index in [9.17, 15) is 4.79 Å². The molecular formula is C16H24N2O. The Morgan fingerprint density at radius 2 is 1.79 bits per heavy atom. The zero-order valence-electron chi connectivity index (χ0n) is 11.9. The predicted molar refractivity (Wildman–Crippen MR) is 78.6 cm³/mol. The van der Waals surface area contributed by atoms with Gasteiger partial charge in [0, 0.05) is 11.1 Å². The summed E-state index contributed by atoms with van der Waals surface area (Å²) in [6.45, 7) is 4.12. The smallest absolute Gasteiger partial charge is 0.226 e. The minimum absolute atomic E-state index is 0.0341. The average Bonchev–Trinajstić information content (AvgIpc) is 2.40. The molecule has 2 rings (SSSR count). The van der Waals surface area contributed by atoms with Crippen LogP contribution in [0.1, 0.15) is 57.6 Å². The van der Waals surface area contributed by atoms with Crippen LogP contribution in [0.2, 0.25) is 0 Å². The van der Waals surface area contributed by atoms with Crippen LogP contribution in [0.3, 0.4) is 0 Å². The molecule has 19 heavy (non-hydrogen) atoms. The highest BCUT2D eigenvalue weighted by Crippen LogP contribution is 2.36. The number of carbonyl (C=O) groups is 1. The maximum atomic E-state index is 12.4. The lowest BCUT2D eigenvalue weighted by Crippen LogP contribution is -2.41. The largest absolute Gasteiger partial charge is 0.399 e. The number of nitrogen functional groups attached to an aromatic ring is 1. The van der Waals surface area contributed by atoms with Crippen molar-refractivity contribution in [1.29, 1.82) is 0 Å². The topological polar surface area (TPSA) is 55.1 Å². The number of anilines is 1. The molecule has 1 unspecified atom stereocenters. The summed E-state index contributed by atoms with van der Waals surface area (Å²) in [6.07, 6.45) is 5.61. The van der Waals surface area contributed by atoms with Gasteiger partial charge in [-0.2, -0.15) is 0 Å². The van der Waals surface area contributed by atoms with Crippen molar-refractivity contribution in [2.75, 3.05) is 5.73 Å². The second kappa shape index (κ2) is 5.64. The van der Waals surface area contributed by atoms with Gasteiger partial charge >= 0.3 is 0 Å². The summed E-state index contributed by atoms with van der Waals surface area (Å²) < 4.78 is 0. The van der Waals surface area contributed by atoms with Crippen molar-refractivity contribution < 1.29 is 4.79 Å². The Kier molecular flexibility index (Phi) is 4.13. The first-order valence-electron chi connectivity index (χ1n) is 7.18. The van der Waals surface area contributed by atoms with Gasteiger partial charge in [-0.25, -0.2) is 0 Å². The summed E-state index contributed by atoms with van der Waals surface area (Å²) in [5, 5.41) is 3.15. The molecule has 3 N–H and O–H groups in total. The molecule has 3 heteroatoms. The van der Waals surface area contributed by atoms with Crippen molar-refractivity contribution in [2.24, 2.45) is 5.41 Å². The van der Waals surface area contributed by atoms with Crippen LogP contribution in [0.25, 0.3) is 0 Å². The van der Waals surface area contributed by atoms with E-state index in [0.717, 1.165) is 24.1 Å². The van der Waals surface area contributed by atoms with E-state index < -0.39 is 0 Å². The number of amides is 1. The number of nitrogens with two attached hydrogens (primary N) is 1. The van der Waals surface area contributed by atoms with Crippen LogP contribution in [0, 0.1) is 5.41 Å². The maximum absolute atomic E-state index is 12.4. The lowest BCUT2D eigenvalue weighted by Gasteiger charge is -2.33. The monoisotopic (exact) mass is 260 g/mol. The molecule has 1 saturated carbocycles. The molecule has 0 aliphatic heterocycles. The summed E-state index contributed by atoms with van der Waals surface area (Å²) in [5.74, 6) is 0.191. The zero-order chi connectivity index (χ0) is 13.9. The number of benzene rings is 1. The van der Waals surface area contributed by atoms with Crippen molar-refractivity contribution in [3.05, 3.63) is 29.8 Å². The normalized spacial score (nSPS) is 19.7. The van der Waals surface area contributed by atoms with Gasteiger partial charge in [0.2, 0.25) is 5.91 Å². The molecule has 0 bridgehead atoms. The highest BCUT2D eigenvalue weighted by Gasteiger charge is 2.34. The molecule has 104 valence electrons. The van der Waals surface area contributed by atoms with Gasteiger partial charge in [0.05, 0.1) is 6.04 Å². The Bertz CT molecular complexity index is 433. The summed E-state index contributed by atoms with van der Waals surface area (Å²) in [6, 6.07) is 7.74. The standard InChI is InChI=1S/C16H24N2O/c1-12(13-6-8-14(17)9-7-13)18-15(19)16(2)10-4-3-5-11-16/h6-9,12H,3-5,10-11,17H2,1-2H3,(H,18,19). The molecule has 0 aromatic heterocycles. The molecule has 1 aromatic rings. The molecule has 1 fully saturated rings. The van der Waals surface area contributed by atoms with E-state index in [4.69, 9.17) is 5.73 Å². The van der Waals surface area contributed by atoms with Gasteiger partial charge in [-0.1, -0.05) is 38.3 Å². The van der Waals surface area contributed by atoms with Crippen LogP contribution >= 0.6 is 0 Å². The summed E-state index contributed by atoms with van der Waals surface area (Å²) >= 11 is 0. The van der Waals surface area contributed by atoms with E-state index in [0.29, 0.717) is 0 Å². The molecule has 0 spiro atoms. The van der Waals surface area contributed by atoms with E-state index in [1.165, 1.54) is 19.3 Å². The van der Waals surface area contributed by atoms with Crippen LogP contribution < -0.4 is 11.1 Å². The van der Waals surface area contributed by atoms with Crippen molar-refractivity contribution in [3.8, 4) is 0 Å². The molecule has 1 atom stereocenters. The first-order chi connectivity index (χ1) is 9.01. The van der Waals surface area contributed by atoms with E-state index in [2.05, 4.69) is 12.2 Å². The van der Waals surface area contributed by atoms with Crippen LogP contribution in [-0.2, 0) is 4.79 Å². The van der Waals surface area contributed by atoms with Crippen molar-refractivity contribution in [1.82, 2.24) is 5.32 Å². The zero-order valence-corrected chi connectivity index (χ0v) is 11.9. The number of hydrogen-bond donors (Lipinski definition) is 2. The average molecular weight is 260 g/mol. The van der Waals surface area contributed by atoms with Crippen LogP contribution in [0.15, 0.2) is 24.3 Å². The molecule has 0 saturated heterocycles. The van der Waals surface area contributed by atoms with Gasteiger partial charge in [-0.05, 0) is 37.5 Å². The van der Waals surface area contributed by atoms with Gasteiger partial charge in [-0.3, -0.25) is 4.79 Å². The Morgan fingerprint density at radius 3 is 2.37 bits per heavy atom. The molecule has 1 aliphatic carbocycles. The number of carbonyl (C=O) groups excluding carboxylic acids is 1.